The predicted octanol–water partition coefficient (Wildman–Crippen LogP) is 9.99. The van der Waals surface area contributed by atoms with Gasteiger partial charge in [0.2, 0.25) is 0 Å². The van der Waals surface area contributed by atoms with Gasteiger partial charge < -0.3 is 0 Å². The van der Waals surface area contributed by atoms with Crippen molar-refractivity contribution in [2.24, 2.45) is 17.8 Å². The first kappa shape index (κ1) is 28.5. The Balaban J connectivity index is 3.35. The zero-order chi connectivity index (χ0) is 23.0. The van der Waals surface area contributed by atoms with E-state index < -0.39 is 8.07 Å². The molecule has 0 heterocycles. The van der Waals surface area contributed by atoms with Gasteiger partial charge in [0.25, 0.3) is 0 Å². The topological polar surface area (TPSA) is 0 Å². The molecule has 1 heteroatoms. The summed E-state index contributed by atoms with van der Waals surface area (Å²) in [5, 5.41) is 1.79. The Hall–Kier alpha value is -0.563. The minimum absolute atomic E-state index is 0.930. The van der Waals surface area contributed by atoms with Gasteiger partial charge in [-0.1, -0.05) is 172 Å². The van der Waals surface area contributed by atoms with E-state index in [1.165, 1.54) is 77.0 Å². The third-order valence-electron chi connectivity index (χ3n) is 8.05. The molecule has 0 amide bonds. The fourth-order valence-electron chi connectivity index (χ4n) is 5.88. The summed E-state index contributed by atoms with van der Waals surface area (Å²) in [7, 11) is -1.57. The van der Waals surface area contributed by atoms with E-state index in [9.17, 15) is 0 Å². The molecule has 31 heavy (non-hydrogen) atoms. The maximum absolute atomic E-state index is 2.54. The number of benzene rings is 1. The van der Waals surface area contributed by atoms with Crippen LogP contribution in [0.15, 0.2) is 30.3 Å². The summed E-state index contributed by atoms with van der Waals surface area (Å²) in [6, 6.07) is 16.6. The van der Waals surface area contributed by atoms with Crippen LogP contribution in [-0.2, 0) is 0 Å². The Morgan fingerprint density at radius 2 is 0.903 bits per heavy atom. The van der Waals surface area contributed by atoms with E-state index in [0.717, 1.165) is 17.8 Å². The van der Waals surface area contributed by atoms with E-state index >= 15 is 0 Å². The van der Waals surface area contributed by atoms with Gasteiger partial charge >= 0.3 is 0 Å². The molecule has 3 unspecified atom stereocenters. The SMILES string of the molecule is CCCCC(CC)C[Si](CC(CC)CCCC)(CC(CC)CCCC)c1ccccc1. The molecule has 0 nitrogen and oxygen atoms in total. The second-order valence-corrected chi connectivity index (χ2v) is 14.9. The number of rotatable bonds is 19. The third kappa shape index (κ3) is 10.3. The molecular formula is C30H56Si. The van der Waals surface area contributed by atoms with E-state index in [0.29, 0.717) is 0 Å². The molecule has 1 rings (SSSR count). The lowest BCUT2D eigenvalue weighted by molar-refractivity contribution is 0.448. The molecule has 1 aromatic rings. The van der Waals surface area contributed by atoms with Crippen LogP contribution in [0.1, 0.15) is 119 Å². The van der Waals surface area contributed by atoms with Crippen LogP contribution in [0.25, 0.3) is 0 Å². The maximum Gasteiger partial charge on any atom is 0.0875 e. The monoisotopic (exact) mass is 444 g/mol. The van der Waals surface area contributed by atoms with Gasteiger partial charge in [0.1, 0.15) is 0 Å². The smallest absolute Gasteiger partial charge is 0.0654 e. The first-order valence-electron chi connectivity index (χ1n) is 14.1. The van der Waals surface area contributed by atoms with Gasteiger partial charge in [-0.3, -0.25) is 0 Å². The highest BCUT2D eigenvalue weighted by molar-refractivity contribution is 6.92. The normalized spacial score (nSPS) is 16.6. The Morgan fingerprint density at radius 1 is 0.548 bits per heavy atom. The lowest BCUT2D eigenvalue weighted by atomic mass is 10.0. The minimum Gasteiger partial charge on any atom is -0.0654 e. The number of hydrogen-bond donors (Lipinski definition) is 0. The Bertz CT molecular complexity index is 477. The highest BCUT2D eigenvalue weighted by Crippen LogP contribution is 2.38. The molecule has 180 valence electrons. The van der Waals surface area contributed by atoms with E-state index in [2.05, 4.69) is 71.9 Å². The molecule has 0 saturated carbocycles. The highest BCUT2D eigenvalue weighted by atomic mass is 28.3. The molecule has 0 aliphatic rings. The lowest BCUT2D eigenvalue weighted by Gasteiger charge is -2.41. The van der Waals surface area contributed by atoms with Crippen LogP contribution in [-0.4, -0.2) is 8.07 Å². The quantitative estimate of drug-likeness (QED) is 0.186. The summed E-state index contributed by atoms with van der Waals surface area (Å²) >= 11 is 0. The van der Waals surface area contributed by atoms with Crippen molar-refractivity contribution < 1.29 is 0 Å². The maximum atomic E-state index is 2.54. The van der Waals surface area contributed by atoms with Crippen molar-refractivity contribution in [1.82, 2.24) is 0 Å². The molecular weight excluding hydrogens is 388 g/mol. The van der Waals surface area contributed by atoms with E-state index in [1.807, 2.05) is 0 Å². The Kier molecular flexibility index (Phi) is 15.6. The standard InChI is InChI=1S/C30H56Si/c1-7-13-19-27(10-4)24-31(30-22-17-16-18-23-30,25-28(11-5)20-14-8-2)26-29(12-6)21-15-9-3/h16-18,22-23,27-29H,7-15,19-21,24-26H2,1-6H3. The number of hydrogen-bond acceptors (Lipinski definition) is 0. The number of unbranched alkanes of at least 4 members (excludes halogenated alkanes) is 3. The van der Waals surface area contributed by atoms with Gasteiger partial charge in [0.15, 0.2) is 0 Å². The third-order valence-corrected chi connectivity index (χ3v) is 13.7. The Morgan fingerprint density at radius 3 is 1.19 bits per heavy atom. The molecule has 0 saturated heterocycles. The summed E-state index contributed by atoms with van der Waals surface area (Å²) in [4.78, 5) is 0. The largest absolute Gasteiger partial charge is 0.0875 e. The average molecular weight is 445 g/mol. The molecule has 1 aromatic carbocycles. The van der Waals surface area contributed by atoms with Crippen LogP contribution in [0.3, 0.4) is 0 Å². The predicted molar refractivity (Wildman–Crippen MR) is 146 cm³/mol. The molecule has 0 spiro atoms. The fourth-order valence-corrected chi connectivity index (χ4v) is 12.8. The van der Waals surface area contributed by atoms with Crippen molar-refractivity contribution in [2.45, 2.75) is 137 Å². The first-order valence-corrected chi connectivity index (χ1v) is 16.8. The van der Waals surface area contributed by atoms with Gasteiger partial charge in [0, 0.05) is 0 Å². The van der Waals surface area contributed by atoms with Gasteiger partial charge in [-0.25, -0.2) is 0 Å². The van der Waals surface area contributed by atoms with Gasteiger partial charge in [-0.05, 0) is 17.8 Å². The minimum atomic E-state index is -1.57. The van der Waals surface area contributed by atoms with Crippen LogP contribution >= 0.6 is 0 Å². The molecule has 0 bridgehead atoms. The van der Waals surface area contributed by atoms with Crippen molar-refractivity contribution in [1.29, 1.82) is 0 Å². The van der Waals surface area contributed by atoms with Gasteiger partial charge in [-0.15, -0.1) is 0 Å². The second-order valence-electron chi connectivity index (χ2n) is 10.5. The van der Waals surface area contributed by atoms with Crippen molar-refractivity contribution in [3.05, 3.63) is 30.3 Å². The van der Waals surface area contributed by atoms with Crippen molar-refractivity contribution in [2.75, 3.05) is 0 Å². The van der Waals surface area contributed by atoms with Crippen LogP contribution in [0.2, 0.25) is 18.1 Å². The summed E-state index contributed by atoms with van der Waals surface area (Å²) < 4.78 is 0. The summed E-state index contributed by atoms with van der Waals surface area (Å²) in [6.07, 6.45) is 16.8. The molecule has 0 radical (unpaired) electrons. The van der Waals surface area contributed by atoms with Crippen LogP contribution in [0, 0.1) is 17.8 Å². The zero-order valence-electron chi connectivity index (χ0n) is 22.2. The summed E-state index contributed by atoms with van der Waals surface area (Å²) in [5.74, 6) is 2.79. The van der Waals surface area contributed by atoms with E-state index in [1.54, 1.807) is 23.3 Å². The zero-order valence-corrected chi connectivity index (χ0v) is 23.2. The highest BCUT2D eigenvalue weighted by Gasteiger charge is 2.40. The average Bonchev–Trinajstić information content (AvgIpc) is 2.82. The lowest BCUT2D eigenvalue weighted by Crippen LogP contribution is -2.51. The molecule has 3 atom stereocenters. The van der Waals surface area contributed by atoms with E-state index in [4.69, 9.17) is 0 Å². The molecule has 0 aliphatic heterocycles. The Labute approximate surface area is 198 Å². The van der Waals surface area contributed by atoms with Crippen LogP contribution < -0.4 is 5.19 Å². The molecule has 0 aliphatic carbocycles. The van der Waals surface area contributed by atoms with Gasteiger partial charge in [-0.2, -0.15) is 0 Å². The first-order chi connectivity index (χ1) is 15.1. The van der Waals surface area contributed by atoms with Crippen molar-refractivity contribution in [3.8, 4) is 0 Å². The van der Waals surface area contributed by atoms with Crippen molar-refractivity contribution >= 4 is 13.3 Å². The van der Waals surface area contributed by atoms with Crippen molar-refractivity contribution in [3.63, 3.8) is 0 Å². The summed E-state index contributed by atoms with van der Waals surface area (Å²) in [5.41, 5.74) is 0. The van der Waals surface area contributed by atoms with Crippen LogP contribution in [0.4, 0.5) is 0 Å². The van der Waals surface area contributed by atoms with Gasteiger partial charge in [0.05, 0.1) is 8.07 Å². The molecule has 0 aromatic heterocycles. The fraction of sp³-hybridized carbons (Fsp3) is 0.800. The van der Waals surface area contributed by atoms with Crippen LogP contribution in [0.5, 0.6) is 0 Å². The second kappa shape index (κ2) is 17.0. The molecule has 0 N–H and O–H groups in total. The van der Waals surface area contributed by atoms with E-state index in [-0.39, 0.29) is 0 Å². The molecule has 0 fully saturated rings. The summed E-state index contributed by atoms with van der Waals surface area (Å²) in [6.45, 7) is 14.5.